The summed E-state index contributed by atoms with van der Waals surface area (Å²) in [6.07, 6.45) is 2.51. The number of hydrogen-bond donors (Lipinski definition) is 1. The van der Waals surface area contributed by atoms with Crippen LogP contribution < -0.4 is 5.56 Å². The fourth-order valence-electron chi connectivity index (χ4n) is 3.45. The van der Waals surface area contributed by atoms with Crippen LogP contribution in [-0.4, -0.2) is 29.7 Å². The number of aromatic nitrogens is 5. The number of rotatable bonds is 3. The lowest BCUT2D eigenvalue weighted by molar-refractivity contribution is 0.216. The molecule has 1 unspecified atom stereocenters. The van der Waals surface area contributed by atoms with Crippen LogP contribution in [0.3, 0.4) is 0 Å². The number of fused-ring (bicyclic) bond motifs is 1. The number of aliphatic hydroxyl groups excluding tert-OH is 1. The monoisotopic (exact) mass is 493 g/mol. The van der Waals surface area contributed by atoms with E-state index in [9.17, 15) is 9.90 Å². The number of nitrogens with zero attached hydrogens (tertiary/aromatic N) is 5. The Labute approximate surface area is 205 Å². The second-order valence-electron chi connectivity index (χ2n) is 7.60. The molecule has 0 saturated heterocycles. The summed E-state index contributed by atoms with van der Waals surface area (Å²) in [4.78, 5) is 17.1. The zero-order valence-corrected chi connectivity index (χ0v) is 19.9. The predicted octanol–water partition coefficient (Wildman–Crippen LogP) is 4.80. The van der Waals surface area contributed by atoms with Gasteiger partial charge in [-0.2, -0.15) is 0 Å². The van der Waals surface area contributed by atoms with Crippen LogP contribution in [0.25, 0.3) is 22.2 Å². The van der Waals surface area contributed by atoms with Gasteiger partial charge in [0.15, 0.2) is 0 Å². The Bertz CT molecular complexity index is 1480. The van der Waals surface area contributed by atoms with Crippen LogP contribution in [0.15, 0.2) is 83.9 Å². The summed E-state index contributed by atoms with van der Waals surface area (Å²) >= 11 is 12.1. The first-order valence-corrected chi connectivity index (χ1v) is 11.1. The molecule has 7 nitrogen and oxygen atoms in total. The van der Waals surface area contributed by atoms with Crippen molar-refractivity contribution in [3.63, 3.8) is 0 Å². The van der Waals surface area contributed by atoms with Gasteiger partial charge in [-0.15, -0.1) is 5.10 Å². The molecule has 0 radical (unpaired) electrons. The minimum absolute atomic E-state index is 0.143. The fraction of sp³-hybridized carbons (Fsp3) is 0.120. The normalized spacial score (nSPS) is 11.7. The lowest BCUT2D eigenvalue weighted by Gasteiger charge is -2.15. The van der Waals surface area contributed by atoms with Gasteiger partial charge in [-0.25, -0.2) is 4.98 Å². The van der Waals surface area contributed by atoms with E-state index in [1.807, 2.05) is 19.2 Å². The van der Waals surface area contributed by atoms with Gasteiger partial charge in [0, 0.05) is 42.0 Å². The summed E-state index contributed by atoms with van der Waals surface area (Å²) in [5.41, 5.74) is 3.79. The molecule has 3 aromatic heterocycles. The Morgan fingerprint density at radius 3 is 2.32 bits per heavy atom. The van der Waals surface area contributed by atoms with Crippen LogP contribution >= 0.6 is 23.2 Å². The Balaban J connectivity index is 0.000000398. The van der Waals surface area contributed by atoms with Crippen molar-refractivity contribution in [2.45, 2.75) is 6.10 Å². The van der Waals surface area contributed by atoms with Gasteiger partial charge >= 0.3 is 0 Å². The zero-order valence-electron chi connectivity index (χ0n) is 18.4. The van der Waals surface area contributed by atoms with Gasteiger partial charge < -0.3 is 9.67 Å². The van der Waals surface area contributed by atoms with E-state index in [2.05, 4.69) is 10.3 Å². The summed E-state index contributed by atoms with van der Waals surface area (Å²) in [6, 6.07) is 19.3. The number of aryl methyl sites for hydroxylation is 2. The minimum Gasteiger partial charge on any atom is -0.382 e. The van der Waals surface area contributed by atoms with Crippen LogP contribution in [0.2, 0.25) is 10.0 Å². The summed E-state index contributed by atoms with van der Waals surface area (Å²) in [6.45, 7) is 0. The van der Waals surface area contributed by atoms with Crippen LogP contribution in [-0.2, 0) is 14.1 Å². The highest BCUT2D eigenvalue weighted by atomic mass is 35.5. The third-order valence-corrected chi connectivity index (χ3v) is 5.74. The first kappa shape index (κ1) is 23.6. The van der Waals surface area contributed by atoms with E-state index in [1.54, 1.807) is 78.7 Å². The molecule has 172 valence electrons. The highest BCUT2D eigenvalue weighted by molar-refractivity contribution is 6.31. The first-order valence-electron chi connectivity index (χ1n) is 10.3. The summed E-state index contributed by atoms with van der Waals surface area (Å²) < 4.78 is 3.18. The van der Waals surface area contributed by atoms with Crippen molar-refractivity contribution >= 4 is 34.2 Å². The summed E-state index contributed by atoms with van der Waals surface area (Å²) in [5.74, 6) is 0. The molecule has 1 atom stereocenters. The number of pyridine rings is 2. The first-order chi connectivity index (χ1) is 16.3. The molecule has 3 heterocycles. The smallest absolute Gasteiger partial charge is 0.251 e. The molecule has 0 aliphatic carbocycles. The van der Waals surface area contributed by atoms with Crippen LogP contribution in [0.1, 0.15) is 17.4 Å². The third kappa shape index (κ3) is 5.17. The number of aliphatic hydroxyl groups is 1. The SMILES string of the molecule is Cn1c(=O)cc(-c2cccc(Cl)c2)c2nc(C(O)c3ccc(Cl)cc3)ccc21.Cn1ccnn1. The van der Waals surface area contributed by atoms with Crippen molar-refractivity contribution in [1.82, 2.24) is 24.5 Å². The van der Waals surface area contributed by atoms with Gasteiger partial charge in [0.1, 0.15) is 6.10 Å². The number of hydrogen-bond acceptors (Lipinski definition) is 5. The van der Waals surface area contributed by atoms with E-state index in [0.29, 0.717) is 37.9 Å². The van der Waals surface area contributed by atoms with Crippen molar-refractivity contribution in [2.75, 3.05) is 0 Å². The molecule has 0 amide bonds. The topological polar surface area (TPSA) is 85.8 Å². The van der Waals surface area contributed by atoms with Crippen LogP contribution in [0.5, 0.6) is 0 Å². The average molecular weight is 494 g/mol. The van der Waals surface area contributed by atoms with Crippen molar-refractivity contribution in [3.05, 3.63) is 111 Å². The van der Waals surface area contributed by atoms with Gasteiger partial charge in [0.2, 0.25) is 0 Å². The molecule has 0 spiro atoms. The highest BCUT2D eigenvalue weighted by Gasteiger charge is 2.16. The largest absolute Gasteiger partial charge is 0.382 e. The zero-order chi connectivity index (χ0) is 24.2. The average Bonchev–Trinajstić information content (AvgIpc) is 3.32. The number of halogens is 2. The molecular weight excluding hydrogens is 473 g/mol. The standard InChI is InChI=1S/C22H16Cl2N2O2.C3H5N3/c1-26-19-10-9-18(22(28)13-5-7-15(23)8-6-13)25-21(19)17(12-20(26)27)14-3-2-4-16(24)11-14;1-6-3-2-4-5-6/h2-12,22,28H,1H3;2-3H,1H3. The number of benzene rings is 2. The second-order valence-corrected chi connectivity index (χ2v) is 8.47. The Hall–Kier alpha value is -3.52. The van der Waals surface area contributed by atoms with E-state index in [4.69, 9.17) is 28.2 Å². The molecule has 0 aliphatic rings. The molecule has 9 heteroatoms. The van der Waals surface area contributed by atoms with E-state index >= 15 is 0 Å². The summed E-state index contributed by atoms with van der Waals surface area (Å²) in [7, 11) is 3.52. The Morgan fingerprint density at radius 1 is 0.941 bits per heavy atom. The maximum atomic E-state index is 12.4. The highest BCUT2D eigenvalue weighted by Crippen LogP contribution is 2.30. The molecular formula is C25H21Cl2N5O2. The third-order valence-electron chi connectivity index (χ3n) is 5.25. The van der Waals surface area contributed by atoms with Crippen LogP contribution in [0, 0.1) is 0 Å². The van der Waals surface area contributed by atoms with E-state index < -0.39 is 6.10 Å². The molecule has 0 aliphatic heterocycles. The molecule has 0 bridgehead atoms. The summed E-state index contributed by atoms with van der Waals surface area (Å²) in [5, 5.41) is 19.1. The van der Waals surface area contributed by atoms with E-state index in [-0.39, 0.29) is 5.56 Å². The lowest BCUT2D eigenvalue weighted by atomic mass is 10.0. The van der Waals surface area contributed by atoms with E-state index in [1.165, 1.54) is 4.57 Å². The molecule has 0 fully saturated rings. The van der Waals surface area contributed by atoms with E-state index in [0.717, 1.165) is 5.56 Å². The molecule has 2 aromatic carbocycles. The van der Waals surface area contributed by atoms with Gasteiger partial charge in [-0.1, -0.05) is 52.7 Å². The quantitative estimate of drug-likeness (QED) is 0.389. The van der Waals surface area contributed by atoms with Gasteiger partial charge in [0.25, 0.3) is 5.56 Å². The second kappa shape index (κ2) is 10.2. The minimum atomic E-state index is -0.911. The molecule has 0 saturated carbocycles. The maximum Gasteiger partial charge on any atom is 0.251 e. The molecule has 5 rings (SSSR count). The molecule has 5 aromatic rings. The van der Waals surface area contributed by atoms with Gasteiger partial charge in [-0.05, 0) is 47.5 Å². The van der Waals surface area contributed by atoms with Crippen LogP contribution in [0.4, 0.5) is 0 Å². The Morgan fingerprint density at radius 2 is 1.71 bits per heavy atom. The predicted molar refractivity (Wildman–Crippen MR) is 134 cm³/mol. The fourth-order valence-corrected chi connectivity index (χ4v) is 3.77. The molecule has 34 heavy (non-hydrogen) atoms. The van der Waals surface area contributed by atoms with Crippen molar-refractivity contribution in [3.8, 4) is 11.1 Å². The van der Waals surface area contributed by atoms with Gasteiger partial charge in [0.05, 0.1) is 22.9 Å². The molecule has 1 N–H and O–H groups in total. The van der Waals surface area contributed by atoms with Crippen molar-refractivity contribution < 1.29 is 5.11 Å². The van der Waals surface area contributed by atoms with Crippen molar-refractivity contribution in [1.29, 1.82) is 0 Å². The van der Waals surface area contributed by atoms with Gasteiger partial charge in [-0.3, -0.25) is 9.48 Å². The lowest BCUT2D eigenvalue weighted by Crippen LogP contribution is -2.17. The Kier molecular flexibility index (Phi) is 7.07. The van der Waals surface area contributed by atoms with Crippen molar-refractivity contribution in [2.24, 2.45) is 14.1 Å². The maximum absolute atomic E-state index is 12.4.